The molecule has 35 heavy (non-hydrogen) atoms. The zero-order chi connectivity index (χ0) is 24.1. The van der Waals surface area contributed by atoms with Gasteiger partial charge in [-0.1, -0.05) is 55.5 Å². The van der Waals surface area contributed by atoms with Gasteiger partial charge in [-0.15, -0.1) is 0 Å². The van der Waals surface area contributed by atoms with Gasteiger partial charge >= 0.3 is 0 Å². The Morgan fingerprint density at radius 2 is 1.89 bits per heavy atom. The van der Waals surface area contributed by atoms with Crippen molar-refractivity contribution in [1.82, 2.24) is 14.8 Å². The van der Waals surface area contributed by atoms with Gasteiger partial charge in [0, 0.05) is 48.7 Å². The normalized spacial score (nSPS) is 21.1. The minimum absolute atomic E-state index is 0.276. The maximum atomic E-state index is 13.8. The molecule has 2 aromatic carbocycles. The summed E-state index contributed by atoms with van der Waals surface area (Å²) >= 11 is 0. The molecule has 0 aliphatic carbocycles. The summed E-state index contributed by atoms with van der Waals surface area (Å²) in [4.78, 5) is 22.7. The van der Waals surface area contributed by atoms with Crippen LogP contribution in [0.25, 0.3) is 10.8 Å². The van der Waals surface area contributed by atoms with Crippen LogP contribution in [-0.4, -0.2) is 66.6 Å². The first kappa shape index (κ1) is 24.0. The van der Waals surface area contributed by atoms with E-state index in [0.29, 0.717) is 31.6 Å². The number of ether oxygens (including phenoxy) is 1. The van der Waals surface area contributed by atoms with Crippen LogP contribution < -0.4 is 0 Å². The molecule has 0 spiro atoms. The van der Waals surface area contributed by atoms with Crippen molar-refractivity contribution < 1.29 is 9.53 Å². The average Bonchev–Trinajstić information content (AvgIpc) is 3.14. The predicted octanol–water partition coefficient (Wildman–Crippen LogP) is 4.60. The number of benzene rings is 2. The predicted molar refractivity (Wildman–Crippen MR) is 140 cm³/mol. The molecular weight excluding hydrogens is 434 g/mol. The lowest BCUT2D eigenvalue weighted by atomic mass is 9.78. The van der Waals surface area contributed by atoms with Crippen LogP contribution in [-0.2, 0) is 22.4 Å². The van der Waals surface area contributed by atoms with E-state index >= 15 is 0 Å². The minimum Gasteiger partial charge on any atom is -0.379 e. The van der Waals surface area contributed by atoms with Gasteiger partial charge in [0.2, 0.25) is 5.91 Å². The molecule has 184 valence electrons. The van der Waals surface area contributed by atoms with Crippen molar-refractivity contribution in [3.63, 3.8) is 0 Å². The molecule has 0 radical (unpaired) electrons. The second-order valence-electron chi connectivity index (χ2n) is 10.5. The Balaban J connectivity index is 1.19. The van der Waals surface area contributed by atoms with Crippen molar-refractivity contribution in [1.29, 1.82) is 0 Å². The first-order valence-corrected chi connectivity index (χ1v) is 13.1. The van der Waals surface area contributed by atoms with Crippen LogP contribution in [0.3, 0.4) is 0 Å². The van der Waals surface area contributed by atoms with Crippen LogP contribution in [0.2, 0.25) is 0 Å². The van der Waals surface area contributed by atoms with Gasteiger partial charge in [0.1, 0.15) is 0 Å². The summed E-state index contributed by atoms with van der Waals surface area (Å²) in [5, 5.41) is 2.42. The smallest absolute Gasteiger partial charge is 0.228 e. The number of rotatable bonds is 6. The number of fused-ring (bicyclic) bond motifs is 1. The van der Waals surface area contributed by atoms with Crippen LogP contribution in [0.15, 0.2) is 67.0 Å². The van der Waals surface area contributed by atoms with Crippen molar-refractivity contribution in [3.05, 3.63) is 78.1 Å². The zero-order valence-corrected chi connectivity index (χ0v) is 20.9. The van der Waals surface area contributed by atoms with Gasteiger partial charge < -0.3 is 14.5 Å². The fraction of sp³-hybridized carbons (Fsp3) is 0.467. The topological polar surface area (TPSA) is 45.7 Å². The number of amides is 1. The fourth-order valence-corrected chi connectivity index (χ4v) is 5.65. The van der Waals surface area contributed by atoms with Crippen molar-refractivity contribution in [2.45, 2.75) is 32.6 Å². The Morgan fingerprint density at radius 1 is 1.06 bits per heavy atom. The second kappa shape index (κ2) is 10.9. The third kappa shape index (κ3) is 5.74. The molecule has 0 N–H and O–H groups in total. The summed E-state index contributed by atoms with van der Waals surface area (Å²) in [6.07, 6.45) is 7.62. The van der Waals surface area contributed by atoms with E-state index in [2.05, 4.69) is 76.3 Å². The molecule has 0 bridgehead atoms. The molecule has 1 amide bonds. The van der Waals surface area contributed by atoms with Gasteiger partial charge in [0.15, 0.2) is 0 Å². The largest absolute Gasteiger partial charge is 0.379 e. The number of carbonyl (C=O) groups is 1. The van der Waals surface area contributed by atoms with Gasteiger partial charge in [-0.25, -0.2) is 0 Å². The van der Waals surface area contributed by atoms with E-state index in [1.165, 1.54) is 21.9 Å². The third-order valence-electron chi connectivity index (χ3n) is 7.94. The summed E-state index contributed by atoms with van der Waals surface area (Å²) in [5.41, 5.74) is 2.40. The van der Waals surface area contributed by atoms with E-state index in [4.69, 9.17) is 4.74 Å². The Kier molecular flexibility index (Phi) is 7.45. The van der Waals surface area contributed by atoms with Crippen molar-refractivity contribution in [3.8, 4) is 0 Å². The highest BCUT2D eigenvalue weighted by molar-refractivity contribution is 5.85. The van der Waals surface area contributed by atoms with E-state index in [-0.39, 0.29) is 5.41 Å². The minimum atomic E-state index is -0.276. The molecule has 5 rings (SSSR count). The number of hydrogen-bond acceptors (Lipinski definition) is 4. The van der Waals surface area contributed by atoms with E-state index in [1.807, 2.05) is 12.4 Å². The average molecular weight is 472 g/mol. The van der Waals surface area contributed by atoms with E-state index in [9.17, 15) is 4.79 Å². The van der Waals surface area contributed by atoms with Crippen LogP contribution in [0.4, 0.5) is 0 Å². The standard InChI is InChI=1S/C30H37N3O2/c1-30(12-16-32(17-13-30)15-11-24-6-3-2-4-7-24)29(34)33-18-19-35-23-25(22-33)20-27-9-5-8-26-10-14-31-21-28(26)27/h2-10,14,21,25H,11-13,15-20,22-23H2,1H3/t25-/m1/s1. The molecular formula is C30H37N3O2. The summed E-state index contributed by atoms with van der Waals surface area (Å²) in [6, 6.07) is 19.2. The van der Waals surface area contributed by atoms with Gasteiger partial charge in [-0.05, 0) is 61.4 Å². The molecule has 2 aliphatic rings. The van der Waals surface area contributed by atoms with Gasteiger partial charge in [0.05, 0.1) is 13.2 Å². The van der Waals surface area contributed by atoms with Crippen LogP contribution in [0.5, 0.6) is 0 Å². The number of aromatic nitrogens is 1. The monoisotopic (exact) mass is 471 g/mol. The Hall–Kier alpha value is -2.76. The molecule has 1 atom stereocenters. The molecule has 2 fully saturated rings. The number of nitrogens with zero attached hydrogens (tertiary/aromatic N) is 3. The Bertz CT molecular complexity index is 1120. The van der Waals surface area contributed by atoms with Crippen LogP contribution in [0.1, 0.15) is 30.9 Å². The number of likely N-dealkylation sites (tertiary alicyclic amines) is 1. The molecule has 5 heteroatoms. The SMILES string of the molecule is CC1(C(=O)N2CCOC[C@H](Cc3cccc4ccncc34)C2)CCN(CCc2ccccc2)CC1. The summed E-state index contributed by atoms with van der Waals surface area (Å²) < 4.78 is 5.97. The molecule has 2 saturated heterocycles. The van der Waals surface area contributed by atoms with Crippen molar-refractivity contribution >= 4 is 16.7 Å². The summed E-state index contributed by atoms with van der Waals surface area (Å²) in [5.74, 6) is 0.608. The van der Waals surface area contributed by atoms with E-state index in [1.54, 1.807) is 0 Å². The maximum Gasteiger partial charge on any atom is 0.228 e. The maximum absolute atomic E-state index is 13.8. The highest BCUT2D eigenvalue weighted by Gasteiger charge is 2.40. The highest BCUT2D eigenvalue weighted by atomic mass is 16.5. The fourth-order valence-electron chi connectivity index (χ4n) is 5.65. The van der Waals surface area contributed by atoms with Crippen LogP contribution >= 0.6 is 0 Å². The molecule has 2 aliphatic heterocycles. The van der Waals surface area contributed by atoms with Gasteiger partial charge in [0.25, 0.3) is 0 Å². The van der Waals surface area contributed by atoms with E-state index < -0.39 is 0 Å². The lowest BCUT2D eigenvalue weighted by molar-refractivity contribution is -0.144. The molecule has 3 heterocycles. The first-order valence-electron chi connectivity index (χ1n) is 13.1. The van der Waals surface area contributed by atoms with Crippen molar-refractivity contribution in [2.24, 2.45) is 11.3 Å². The Labute approximate surface area is 209 Å². The van der Waals surface area contributed by atoms with Crippen molar-refractivity contribution in [2.75, 3.05) is 45.9 Å². The first-order chi connectivity index (χ1) is 17.1. The molecule has 1 aromatic heterocycles. The number of hydrogen-bond donors (Lipinski definition) is 0. The third-order valence-corrected chi connectivity index (χ3v) is 7.94. The van der Waals surface area contributed by atoms with Crippen LogP contribution in [0, 0.1) is 11.3 Å². The van der Waals surface area contributed by atoms with E-state index in [0.717, 1.165) is 51.9 Å². The molecule has 0 saturated carbocycles. The van der Waals surface area contributed by atoms with Gasteiger partial charge in [-0.2, -0.15) is 0 Å². The highest BCUT2D eigenvalue weighted by Crippen LogP contribution is 2.34. The number of carbonyl (C=O) groups excluding carboxylic acids is 1. The summed E-state index contributed by atoms with van der Waals surface area (Å²) in [7, 11) is 0. The second-order valence-corrected chi connectivity index (χ2v) is 10.5. The summed E-state index contributed by atoms with van der Waals surface area (Å²) in [6.45, 7) is 8.01. The lowest BCUT2D eigenvalue weighted by Crippen LogP contribution is -2.50. The molecule has 0 unspecified atom stereocenters. The number of piperidine rings is 1. The quantitative estimate of drug-likeness (QED) is 0.527. The zero-order valence-electron chi connectivity index (χ0n) is 20.9. The molecule has 5 nitrogen and oxygen atoms in total. The van der Waals surface area contributed by atoms with Gasteiger partial charge in [-0.3, -0.25) is 9.78 Å². The Morgan fingerprint density at radius 3 is 2.71 bits per heavy atom. The lowest BCUT2D eigenvalue weighted by Gasteiger charge is -2.41. The molecule has 3 aromatic rings. The number of pyridine rings is 1.